The predicted molar refractivity (Wildman–Crippen MR) is 138 cm³/mol. The van der Waals surface area contributed by atoms with E-state index in [1.54, 1.807) is 12.5 Å². The van der Waals surface area contributed by atoms with E-state index in [9.17, 15) is 10.0 Å². The average Bonchev–Trinajstić information content (AvgIpc) is 3.04. The van der Waals surface area contributed by atoms with Crippen molar-refractivity contribution in [3.8, 4) is 0 Å². The maximum Gasteiger partial charge on any atom is 0.330 e. The standard InChI is InChI=1S/C30H47NO3/c1-19(9-8-10-20(2)26(32)33)21-13-17-30(7)23-11-12-24-27(3,4)25(31-34)15-16-28(24,5)22(23)14-18-29(21,30)6/h10-11,19,21-22,24,34H,8-9,12-18H2,1-7H3,(H,32,33)/b20-10-,31-25?/t19-,21-,22-,24-,28+,29-,30+/m0/s1. The fourth-order valence-corrected chi connectivity index (χ4v) is 9.51. The number of fused-ring (bicyclic) bond motifs is 5. The molecule has 0 bridgehead atoms. The Kier molecular flexibility index (Phi) is 6.39. The molecule has 0 saturated heterocycles. The molecule has 34 heavy (non-hydrogen) atoms. The summed E-state index contributed by atoms with van der Waals surface area (Å²) in [5, 5.41) is 22.6. The Morgan fingerprint density at radius 1 is 1.18 bits per heavy atom. The quantitative estimate of drug-likeness (QED) is 0.186. The number of carbonyl (C=O) groups is 1. The van der Waals surface area contributed by atoms with Crippen molar-refractivity contribution in [3.63, 3.8) is 0 Å². The van der Waals surface area contributed by atoms with Crippen LogP contribution < -0.4 is 0 Å². The van der Waals surface area contributed by atoms with E-state index in [1.165, 1.54) is 25.7 Å². The van der Waals surface area contributed by atoms with Crippen molar-refractivity contribution in [1.29, 1.82) is 0 Å². The van der Waals surface area contributed by atoms with Gasteiger partial charge in [-0.3, -0.25) is 0 Å². The SMILES string of the molecule is C/C(=C/CC[C@H](C)[C@@H]1CC[C@]2(C)C3=CC[C@H]4C(C)(C)C(=NO)CC[C@]4(C)[C@H]3CC[C@@]12C)C(=O)O. The third kappa shape index (κ3) is 3.53. The number of carboxylic acid groups (broad SMARTS) is 1. The summed E-state index contributed by atoms with van der Waals surface area (Å²) < 4.78 is 0. The Morgan fingerprint density at radius 3 is 2.53 bits per heavy atom. The van der Waals surface area contributed by atoms with Crippen molar-refractivity contribution < 1.29 is 15.1 Å². The maximum absolute atomic E-state index is 11.2. The van der Waals surface area contributed by atoms with Crippen LogP contribution in [0.25, 0.3) is 0 Å². The number of hydrogen-bond donors (Lipinski definition) is 2. The van der Waals surface area contributed by atoms with Gasteiger partial charge in [0.25, 0.3) is 0 Å². The number of rotatable bonds is 5. The van der Waals surface area contributed by atoms with Gasteiger partial charge in [0, 0.05) is 11.0 Å². The van der Waals surface area contributed by atoms with E-state index in [0.29, 0.717) is 34.7 Å². The minimum atomic E-state index is -0.800. The summed E-state index contributed by atoms with van der Waals surface area (Å²) in [6.07, 6.45) is 14.7. The highest BCUT2D eigenvalue weighted by atomic mass is 16.4. The molecule has 0 aromatic heterocycles. The lowest BCUT2D eigenvalue weighted by atomic mass is 9.41. The minimum Gasteiger partial charge on any atom is -0.478 e. The number of allylic oxidation sites excluding steroid dienone is 3. The molecule has 190 valence electrons. The van der Waals surface area contributed by atoms with Crippen LogP contribution in [-0.2, 0) is 4.79 Å². The fraction of sp³-hybridized carbons (Fsp3) is 0.800. The second-order valence-electron chi connectivity index (χ2n) is 13.5. The molecule has 0 amide bonds. The number of carboxylic acids is 1. The molecule has 4 aliphatic rings. The van der Waals surface area contributed by atoms with Crippen molar-refractivity contribution in [2.75, 3.05) is 0 Å². The van der Waals surface area contributed by atoms with Crippen LogP contribution in [0.15, 0.2) is 28.5 Å². The molecule has 3 fully saturated rings. The maximum atomic E-state index is 11.2. The average molecular weight is 470 g/mol. The summed E-state index contributed by atoms with van der Waals surface area (Å²) in [6.45, 7) is 16.4. The molecule has 0 unspecified atom stereocenters. The monoisotopic (exact) mass is 469 g/mol. The molecular formula is C30H47NO3. The normalized spacial score (nSPS) is 43.5. The zero-order valence-electron chi connectivity index (χ0n) is 22.6. The van der Waals surface area contributed by atoms with Gasteiger partial charge in [0.15, 0.2) is 0 Å². The summed E-state index contributed by atoms with van der Waals surface area (Å²) in [6, 6.07) is 0. The van der Waals surface area contributed by atoms with Crippen LogP contribution in [0.2, 0.25) is 0 Å². The van der Waals surface area contributed by atoms with Gasteiger partial charge < -0.3 is 10.3 Å². The van der Waals surface area contributed by atoms with Gasteiger partial charge in [0.1, 0.15) is 0 Å². The topological polar surface area (TPSA) is 69.9 Å². The van der Waals surface area contributed by atoms with Gasteiger partial charge in [0.2, 0.25) is 0 Å². The molecule has 2 N–H and O–H groups in total. The first-order chi connectivity index (χ1) is 15.8. The van der Waals surface area contributed by atoms with Gasteiger partial charge >= 0.3 is 5.97 Å². The van der Waals surface area contributed by atoms with Crippen LogP contribution in [0.4, 0.5) is 0 Å². The van der Waals surface area contributed by atoms with Gasteiger partial charge in [-0.15, -0.1) is 0 Å². The molecule has 0 radical (unpaired) electrons. The first-order valence-electron chi connectivity index (χ1n) is 13.6. The molecule has 0 heterocycles. The Labute approximate surface area is 207 Å². The van der Waals surface area contributed by atoms with Crippen molar-refractivity contribution in [2.45, 2.75) is 106 Å². The summed E-state index contributed by atoms with van der Waals surface area (Å²) >= 11 is 0. The highest BCUT2D eigenvalue weighted by Crippen LogP contribution is 2.73. The largest absolute Gasteiger partial charge is 0.478 e. The van der Waals surface area contributed by atoms with Crippen LogP contribution in [0.5, 0.6) is 0 Å². The Morgan fingerprint density at radius 2 is 1.88 bits per heavy atom. The van der Waals surface area contributed by atoms with Crippen molar-refractivity contribution in [3.05, 3.63) is 23.3 Å². The highest BCUT2D eigenvalue weighted by molar-refractivity contribution is 5.90. The van der Waals surface area contributed by atoms with Crippen LogP contribution >= 0.6 is 0 Å². The lowest BCUT2D eigenvalue weighted by Gasteiger charge is -2.63. The molecule has 0 spiro atoms. The number of aliphatic carboxylic acids is 1. The van der Waals surface area contributed by atoms with Crippen molar-refractivity contribution in [2.24, 2.45) is 50.5 Å². The molecular weight excluding hydrogens is 422 g/mol. The van der Waals surface area contributed by atoms with Gasteiger partial charge in [-0.25, -0.2) is 4.79 Å². The third-order valence-electron chi connectivity index (χ3n) is 11.9. The minimum absolute atomic E-state index is 0.0558. The van der Waals surface area contributed by atoms with Gasteiger partial charge in [0.05, 0.1) is 5.71 Å². The van der Waals surface area contributed by atoms with Crippen LogP contribution in [0, 0.1) is 45.3 Å². The predicted octanol–water partition coefficient (Wildman–Crippen LogP) is 7.87. The van der Waals surface area contributed by atoms with Crippen LogP contribution in [0.3, 0.4) is 0 Å². The first-order valence-corrected chi connectivity index (χ1v) is 13.6. The van der Waals surface area contributed by atoms with E-state index in [-0.39, 0.29) is 16.2 Å². The molecule has 0 aromatic rings. The second kappa shape index (κ2) is 8.52. The molecule has 3 saturated carbocycles. The third-order valence-corrected chi connectivity index (χ3v) is 11.9. The molecule has 7 atom stereocenters. The van der Waals surface area contributed by atoms with Crippen LogP contribution in [0.1, 0.15) is 106 Å². The molecule has 4 nitrogen and oxygen atoms in total. The Balaban J connectivity index is 1.59. The lowest BCUT2D eigenvalue weighted by molar-refractivity contribution is -0.132. The molecule has 4 rings (SSSR count). The molecule has 0 aromatic carbocycles. The first kappa shape index (κ1) is 25.5. The van der Waals surface area contributed by atoms with Crippen molar-refractivity contribution >= 4 is 11.7 Å². The molecule has 4 aliphatic carbocycles. The molecule has 0 aliphatic heterocycles. The number of oxime groups is 1. The zero-order chi connectivity index (χ0) is 25.1. The fourth-order valence-electron chi connectivity index (χ4n) is 9.51. The summed E-state index contributed by atoms with van der Waals surface area (Å²) in [7, 11) is 0. The van der Waals surface area contributed by atoms with Gasteiger partial charge in [-0.1, -0.05) is 64.4 Å². The van der Waals surface area contributed by atoms with E-state index in [4.69, 9.17) is 5.11 Å². The highest BCUT2D eigenvalue weighted by Gasteiger charge is 2.65. The number of hydrogen-bond acceptors (Lipinski definition) is 3. The van der Waals surface area contributed by atoms with E-state index >= 15 is 0 Å². The van der Waals surface area contributed by atoms with E-state index < -0.39 is 5.97 Å². The van der Waals surface area contributed by atoms with E-state index in [2.05, 4.69) is 52.8 Å². The van der Waals surface area contributed by atoms with Crippen molar-refractivity contribution in [1.82, 2.24) is 0 Å². The summed E-state index contributed by atoms with van der Waals surface area (Å²) in [5.41, 5.74) is 3.98. The van der Waals surface area contributed by atoms with Crippen LogP contribution in [-0.4, -0.2) is 22.0 Å². The number of nitrogens with zero attached hydrogens (tertiary/aromatic N) is 1. The Bertz CT molecular complexity index is 929. The molecule has 4 heteroatoms. The zero-order valence-corrected chi connectivity index (χ0v) is 22.6. The Hall–Kier alpha value is -1.58. The van der Waals surface area contributed by atoms with E-state index in [1.807, 2.05) is 6.08 Å². The summed E-state index contributed by atoms with van der Waals surface area (Å²) in [4.78, 5) is 11.2. The van der Waals surface area contributed by atoms with Gasteiger partial charge in [-0.2, -0.15) is 0 Å². The lowest BCUT2D eigenvalue weighted by Crippen LogP contribution is -2.57. The summed E-state index contributed by atoms with van der Waals surface area (Å²) in [5.74, 6) is 1.66. The smallest absolute Gasteiger partial charge is 0.330 e. The van der Waals surface area contributed by atoms with Gasteiger partial charge in [-0.05, 0) is 105 Å². The second-order valence-corrected chi connectivity index (χ2v) is 13.5. The van der Waals surface area contributed by atoms with E-state index in [0.717, 1.165) is 37.8 Å².